The van der Waals surface area contributed by atoms with E-state index in [1.165, 1.54) is 24.3 Å². The molecule has 9 heteroatoms. The topological polar surface area (TPSA) is 78.7 Å². The van der Waals surface area contributed by atoms with Gasteiger partial charge < -0.3 is 9.47 Å². The lowest BCUT2D eigenvalue weighted by molar-refractivity contribution is -0.385. The van der Waals surface area contributed by atoms with Gasteiger partial charge in [0.1, 0.15) is 18.1 Å². The normalized spacial score (nSPS) is 10.9. The lowest BCUT2D eigenvalue weighted by atomic mass is 10.1. The summed E-state index contributed by atoms with van der Waals surface area (Å²) in [7, 11) is 1.57. The van der Waals surface area contributed by atoms with Crippen LogP contribution >= 0.6 is 47.8 Å². The Balaban J connectivity index is 1.82. The number of benzene rings is 3. The molecule has 0 radical (unpaired) electrons. The Bertz CT molecular complexity index is 1190. The molecule has 164 valence electrons. The number of hydrogen-bond donors (Lipinski definition) is 0. The molecule has 0 bridgehead atoms. The third kappa shape index (κ3) is 5.85. The van der Waals surface area contributed by atoms with Crippen molar-refractivity contribution in [1.29, 1.82) is 0 Å². The van der Waals surface area contributed by atoms with E-state index in [9.17, 15) is 14.9 Å². The van der Waals surface area contributed by atoms with Gasteiger partial charge in [0, 0.05) is 16.1 Å². The summed E-state index contributed by atoms with van der Waals surface area (Å²) in [6, 6.07) is 15.0. The molecule has 6 nitrogen and oxygen atoms in total. The van der Waals surface area contributed by atoms with E-state index in [1.54, 1.807) is 31.4 Å². The predicted octanol–water partition coefficient (Wildman–Crippen LogP) is 7.37. The molecule has 3 aromatic rings. The summed E-state index contributed by atoms with van der Waals surface area (Å²) in [6.07, 6.45) is 2.92. The molecule has 0 aliphatic heterocycles. The highest BCUT2D eigenvalue weighted by atomic mass is 79.9. The van der Waals surface area contributed by atoms with Gasteiger partial charge in [-0.2, -0.15) is 0 Å². The second-order valence-corrected chi connectivity index (χ2v) is 9.15. The van der Waals surface area contributed by atoms with Crippen molar-refractivity contribution in [3.63, 3.8) is 0 Å². The maximum atomic E-state index is 12.5. The van der Waals surface area contributed by atoms with Crippen molar-refractivity contribution < 1.29 is 19.2 Å². The van der Waals surface area contributed by atoms with E-state index in [2.05, 4.69) is 47.8 Å². The number of ketones is 1. The molecule has 32 heavy (non-hydrogen) atoms. The Hall–Kier alpha value is -2.49. The number of methoxy groups -OCH3 is 1. The van der Waals surface area contributed by atoms with Crippen LogP contribution in [0.5, 0.6) is 11.5 Å². The smallest absolute Gasteiger partial charge is 0.280 e. The third-order valence-electron chi connectivity index (χ3n) is 4.43. The van der Waals surface area contributed by atoms with E-state index in [-0.39, 0.29) is 17.9 Å². The molecular weight excluding hydrogens is 610 g/mol. The second-order valence-electron chi connectivity index (χ2n) is 6.53. The minimum Gasteiger partial charge on any atom is -0.496 e. The van der Waals surface area contributed by atoms with Crippen LogP contribution in [0, 0.1) is 10.1 Å². The Morgan fingerprint density at radius 2 is 1.75 bits per heavy atom. The Morgan fingerprint density at radius 1 is 1.06 bits per heavy atom. The molecule has 0 amide bonds. The Kier molecular flexibility index (Phi) is 8.22. The lowest BCUT2D eigenvalue weighted by Crippen LogP contribution is -2.01. The van der Waals surface area contributed by atoms with Crippen molar-refractivity contribution in [2.45, 2.75) is 6.61 Å². The summed E-state index contributed by atoms with van der Waals surface area (Å²) in [5.74, 6) is 0.827. The number of nitro benzene ring substituents is 1. The molecule has 3 aromatic carbocycles. The fourth-order valence-corrected chi connectivity index (χ4v) is 5.42. The number of nitro groups is 1. The van der Waals surface area contributed by atoms with Gasteiger partial charge in [0.2, 0.25) is 0 Å². The summed E-state index contributed by atoms with van der Waals surface area (Å²) in [5, 5.41) is 11.2. The molecule has 3 rings (SSSR count). The average Bonchev–Trinajstić information content (AvgIpc) is 2.76. The number of nitrogens with zero attached hydrogens (tertiary/aromatic N) is 1. The number of carbonyl (C=O) groups excluding carboxylic acids is 1. The highest BCUT2D eigenvalue weighted by Gasteiger charge is 2.17. The first kappa shape index (κ1) is 24.2. The molecule has 0 aliphatic carbocycles. The zero-order chi connectivity index (χ0) is 23.3. The molecule has 0 aromatic heterocycles. The number of para-hydroxylation sites is 1. The first-order chi connectivity index (χ1) is 15.3. The molecule has 0 heterocycles. The number of hydrogen-bond acceptors (Lipinski definition) is 5. The molecule has 0 unspecified atom stereocenters. The minimum atomic E-state index is -0.567. The summed E-state index contributed by atoms with van der Waals surface area (Å²) in [6.45, 7) is 0.224. The van der Waals surface area contributed by atoms with E-state index in [4.69, 9.17) is 9.47 Å². The van der Waals surface area contributed by atoms with Gasteiger partial charge in [-0.1, -0.05) is 40.2 Å². The van der Waals surface area contributed by atoms with Crippen LogP contribution in [-0.2, 0) is 6.61 Å². The van der Waals surface area contributed by atoms with Gasteiger partial charge in [-0.15, -0.1) is 0 Å². The van der Waals surface area contributed by atoms with Gasteiger partial charge in [-0.3, -0.25) is 14.9 Å². The fraction of sp³-hybridized carbons (Fsp3) is 0.0870. The molecule has 0 atom stereocenters. The Labute approximate surface area is 209 Å². The summed E-state index contributed by atoms with van der Waals surface area (Å²) in [4.78, 5) is 23.1. The number of rotatable bonds is 8. The molecule has 0 aliphatic rings. The van der Waals surface area contributed by atoms with Crippen molar-refractivity contribution in [2.24, 2.45) is 0 Å². The summed E-state index contributed by atoms with van der Waals surface area (Å²) >= 11 is 10.4. The third-order valence-corrected chi connectivity index (χ3v) is 6.07. The monoisotopic (exact) mass is 623 g/mol. The van der Waals surface area contributed by atoms with E-state index in [0.29, 0.717) is 11.5 Å². The summed E-state index contributed by atoms with van der Waals surface area (Å²) in [5.41, 5.74) is 1.31. The van der Waals surface area contributed by atoms with Crippen LogP contribution in [0.3, 0.4) is 0 Å². The van der Waals surface area contributed by atoms with Crippen LogP contribution in [0.2, 0.25) is 0 Å². The maximum Gasteiger partial charge on any atom is 0.280 e. The van der Waals surface area contributed by atoms with Crippen molar-refractivity contribution >= 4 is 65.3 Å². The van der Waals surface area contributed by atoms with Gasteiger partial charge in [-0.05, 0) is 73.8 Å². The molecule has 0 fully saturated rings. The highest BCUT2D eigenvalue weighted by Crippen LogP contribution is 2.37. The number of carbonyl (C=O) groups is 1. The zero-order valence-corrected chi connectivity index (χ0v) is 21.4. The fourth-order valence-electron chi connectivity index (χ4n) is 2.93. The Morgan fingerprint density at radius 3 is 2.41 bits per heavy atom. The van der Waals surface area contributed by atoms with Crippen molar-refractivity contribution in [3.8, 4) is 11.5 Å². The number of ether oxygens (including phenoxy) is 2. The van der Waals surface area contributed by atoms with Crippen LogP contribution in [0.15, 0.2) is 74.1 Å². The largest absolute Gasteiger partial charge is 0.496 e. The average molecular weight is 626 g/mol. The van der Waals surface area contributed by atoms with E-state index < -0.39 is 10.7 Å². The van der Waals surface area contributed by atoms with Crippen molar-refractivity contribution in [1.82, 2.24) is 0 Å². The highest BCUT2D eigenvalue weighted by molar-refractivity contribution is 9.11. The van der Waals surface area contributed by atoms with Gasteiger partial charge in [0.05, 0.1) is 26.5 Å². The minimum absolute atomic E-state index is 0.0377. The number of halogens is 3. The van der Waals surface area contributed by atoms with E-state index in [0.717, 1.165) is 24.5 Å². The van der Waals surface area contributed by atoms with Gasteiger partial charge in [0.25, 0.3) is 5.69 Å². The van der Waals surface area contributed by atoms with Crippen molar-refractivity contribution in [2.75, 3.05) is 7.11 Å². The van der Waals surface area contributed by atoms with Crippen LogP contribution in [0.4, 0.5) is 5.69 Å². The molecule has 0 N–H and O–H groups in total. The van der Waals surface area contributed by atoms with Crippen LogP contribution < -0.4 is 9.47 Å². The van der Waals surface area contributed by atoms with Crippen molar-refractivity contribution in [3.05, 3.63) is 101 Å². The van der Waals surface area contributed by atoms with Gasteiger partial charge >= 0.3 is 0 Å². The van der Waals surface area contributed by atoms with Gasteiger partial charge in [0.15, 0.2) is 5.78 Å². The quantitative estimate of drug-likeness (QED) is 0.113. The first-order valence-electron chi connectivity index (χ1n) is 9.20. The molecule has 0 spiro atoms. The maximum absolute atomic E-state index is 12.5. The SMILES string of the molecule is COc1ccc(/C=C/C(=O)c2ccccc2[N+](=O)[O-])cc1COc1c(Br)cc(Br)cc1Br. The van der Waals surface area contributed by atoms with Crippen LogP contribution in [-0.4, -0.2) is 17.8 Å². The van der Waals surface area contributed by atoms with Gasteiger partial charge in [-0.25, -0.2) is 0 Å². The lowest BCUT2D eigenvalue weighted by Gasteiger charge is -2.14. The summed E-state index contributed by atoms with van der Waals surface area (Å²) < 4.78 is 13.9. The molecule has 0 saturated carbocycles. The molecule has 0 saturated heterocycles. The second kappa shape index (κ2) is 10.9. The first-order valence-corrected chi connectivity index (χ1v) is 11.6. The standard InChI is InChI=1S/C23H16Br3NO5/c1-31-22-9-7-14(6-8-21(28)17-4-2-3-5-20(17)27(29)30)10-15(22)13-32-23-18(25)11-16(24)12-19(23)26/h2-12H,13H2,1H3/b8-6+. The van der Waals surface area contributed by atoms with Crippen LogP contribution in [0.25, 0.3) is 6.08 Å². The van der Waals surface area contributed by atoms with E-state index in [1.807, 2.05) is 18.2 Å². The number of allylic oxidation sites excluding steroid dienone is 1. The zero-order valence-electron chi connectivity index (χ0n) is 16.7. The van der Waals surface area contributed by atoms with Crippen LogP contribution in [0.1, 0.15) is 21.5 Å². The molecular formula is C23H16Br3NO5. The predicted molar refractivity (Wildman–Crippen MR) is 133 cm³/mol. The van der Waals surface area contributed by atoms with E-state index >= 15 is 0 Å².